The van der Waals surface area contributed by atoms with E-state index in [9.17, 15) is 4.79 Å². The average molecular weight is 306 g/mol. The van der Waals surface area contributed by atoms with Crippen LogP contribution in [-0.2, 0) is 4.74 Å². The number of thioether (sulfide) groups is 1. The van der Waals surface area contributed by atoms with Crippen LogP contribution >= 0.6 is 23.5 Å². The third-order valence-electron chi connectivity index (χ3n) is 2.37. The van der Waals surface area contributed by atoms with Gasteiger partial charge in [-0.15, -0.1) is 0 Å². The monoisotopic (exact) mass is 306 g/mol. The van der Waals surface area contributed by atoms with E-state index >= 15 is 0 Å². The first-order valence-electron chi connectivity index (χ1n) is 6.05. The van der Waals surface area contributed by atoms with Gasteiger partial charge in [0.25, 0.3) is 0 Å². The summed E-state index contributed by atoms with van der Waals surface area (Å²) in [5.41, 5.74) is 0.401. The van der Waals surface area contributed by atoms with E-state index in [0.29, 0.717) is 22.4 Å². The van der Waals surface area contributed by atoms with Crippen LogP contribution in [0.25, 0.3) is 0 Å². The summed E-state index contributed by atoms with van der Waals surface area (Å²) in [6, 6.07) is 9.79. The van der Waals surface area contributed by atoms with Crippen molar-refractivity contribution in [3.63, 3.8) is 0 Å². The average Bonchev–Trinajstić information content (AvgIpc) is 2.48. The highest BCUT2D eigenvalue weighted by molar-refractivity contribution is 7.99. The lowest BCUT2D eigenvalue weighted by atomic mass is 10.3. The van der Waals surface area contributed by atoms with E-state index in [-0.39, 0.29) is 0 Å². The van der Waals surface area contributed by atoms with Gasteiger partial charge in [-0.25, -0.2) is 14.8 Å². The Balaban J connectivity index is 2.34. The summed E-state index contributed by atoms with van der Waals surface area (Å²) in [6.45, 7) is 2.11. The molecule has 6 heteroatoms. The van der Waals surface area contributed by atoms with E-state index in [1.54, 1.807) is 6.92 Å². The number of carbonyl (C=O) groups is 1. The molecule has 104 valence electrons. The van der Waals surface area contributed by atoms with Crippen molar-refractivity contribution in [1.82, 2.24) is 9.97 Å². The van der Waals surface area contributed by atoms with Crippen LogP contribution in [0.1, 0.15) is 17.3 Å². The van der Waals surface area contributed by atoms with Crippen LogP contribution in [0.3, 0.4) is 0 Å². The first-order valence-corrected chi connectivity index (χ1v) is 8.09. The number of esters is 1. The van der Waals surface area contributed by atoms with Gasteiger partial charge < -0.3 is 4.74 Å². The molecule has 0 bridgehead atoms. The molecule has 0 saturated heterocycles. The first kappa shape index (κ1) is 14.9. The fourth-order valence-corrected chi connectivity index (χ4v) is 2.77. The van der Waals surface area contributed by atoms with Crippen molar-refractivity contribution >= 4 is 29.5 Å². The number of rotatable bonds is 5. The molecule has 2 aromatic rings. The van der Waals surface area contributed by atoms with Crippen molar-refractivity contribution in [2.24, 2.45) is 0 Å². The Kier molecular flexibility index (Phi) is 5.43. The Morgan fingerprint density at radius 2 is 2.05 bits per heavy atom. The summed E-state index contributed by atoms with van der Waals surface area (Å²) >= 11 is 2.87. The van der Waals surface area contributed by atoms with Gasteiger partial charge in [-0.3, -0.25) is 0 Å². The minimum absolute atomic E-state index is 0.332. The molecule has 20 heavy (non-hydrogen) atoms. The lowest BCUT2D eigenvalue weighted by molar-refractivity contribution is 0.0520. The molecule has 0 fully saturated rings. The van der Waals surface area contributed by atoms with Gasteiger partial charge in [0.1, 0.15) is 10.6 Å². The van der Waals surface area contributed by atoms with Gasteiger partial charge in [-0.1, -0.05) is 41.7 Å². The second kappa shape index (κ2) is 7.31. The van der Waals surface area contributed by atoms with Gasteiger partial charge in [0.2, 0.25) is 0 Å². The first-order chi connectivity index (χ1) is 9.74. The molecule has 0 aliphatic rings. The summed E-state index contributed by atoms with van der Waals surface area (Å²) in [6.07, 6.45) is 3.43. The number of benzene rings is 1. The Hall–Kier alpha value is -1.53. The third kappa shape index (κ3) is 3.74. The molecule has 0 N–H and O–H groups in total. The Morgan fingerprint density at radius 3 is 2.70 bits per heavy atom. The van der Waals surface area contributed by atoms with Crippen LogP contribution < -0.4 is 0 Å². The highest BCUT2D eigenvalue weighted by Gasteiger charge is 2.16. The second-order valence-electron chi connectivity index (χ2n) is 3.71. The second-order valence-corrected chi connectivity index (χ2v) is 5.55. The minimum atomic E-state index is -0.390. The minimum Gasteiger partial charge on any atom is -0.462 e. The number of ether oxygens (including phenoxy) is 1. The van der Waals surface area contributed by atoms with Crippen molar-refractivity contribution < 1.29 is 9.53 Å². The van der Waals surface area contributed by atoms with Gasteiger partial charge in [-0.05, 0) is 25.3 Å². The summed E-state index contributed by atoms with van der Waals surface area (Å²) in [4.78, 5) is 21.5. The molecule has 4 nitrogen and oxygen atoms in total. The van der Waals surface area contributed by atoms with E-state index in [4.69, 9.17) is 4.74 Å². The van der Waals surface area contributed by atoms with Crippen molar-refractivity contribution in [1.29, 1.82) is 0 Å². The lowest BCUT2D eigenvalue weighted by Crippen LogP contribution is -2.08. The van der Waals surface area contributed by atoms with E-state index in [1.807, 2.05) is 36.6 Å². The normalized spacial score (nSPS) is 10.3. The molecule has 1 heterocycles. The molecule has 1 aromatic carbocycles. The number of hydrogen-bond acceptors (Lipinski definition) is 6. The van der Waals surface area contributed by atoms with Crippen molar-refractivity contribution in [2.75, 3.05) is 12.9 Å². The SMILES string of the molecule is CCOC(=O)c1cnc(SC)nc1Sc1ccccc1. The van der Waals surface area contributed by atoms with Crippen molar-refractivity contribution in [3.05, 3.63) is 42.1 Å². The zero-order valence-electron chi connectivity index (χ0n) is 11.2. The third-order valence-corrected chi connectivity index (χ3v) is 3.94. The Labute approximate surface area is 126 Å². The maximum atomic E-state index is 11.9. The number of nitrogens with zero attached hydrogens (tertiary/aromatic N) is 2. The zero-order chi connectivity index (χ0) is 14.4. The van der Waals surface area contributed by atoms with Gasteiger partial charge in [0, 0.05) is 11.1 Å². The molecule has 0 atom stereocenters. The molecular weight excluding hydrogens is 292 g/mol. The van der Waals surface area contributed by atoms with E-state index < -0.39 is 5.97 Å². The van der Waals surface area contributed by atoms with Crippen LogP contribution in [0.15, 0.2) is 51.6 Å². The Bertz CT molecular complexity index is 591. The molecule has 0 spiro atoms. The molecule has 0 radical (unpaired) electrons. The molecule has 0 aliphatic carbocycles. The van der Waals surface area contributed by atoms with Gasteiger partial charge in [0.15, 0.2) is 5.16 Å². The molecule has 0 amide bonds. The van der Waals surface area contributed by atoms with Crippen LogP contribution in [0.2, 0.25) is 0 Å². The lowest BCUT2D eigenvalue weighted by Gasteiger charge is -2.08. The standard InChI is InChI=1S/C14H14N2O2S2/c1-3-18-13(17)11-9-15-14(19-2)16-12(11)20-10-7-5-4-6-8-10/h4-9H,3H2,1-2H3. The van der Waals surface area contributed by atoms with Crippen LogP contribution in [0.5, 0.6) is 0 Å². The van der Waals surface area contributed by atoms with E-state index in [1.165, 1.54) is 29.7 Å². The fraction of sp³-hybridized carbons (Fsp3) is 0.214. The highest BCUT2D eigenvalue weighted by atomic mass is 32.2. The van der Waals surface area contributed by atoms with Crippen LogP contribution in [0, 0.1) is 0 Å². The van der Waals surface area contributed by atoms with E-state index in [0.717, 1.165) is 4.90 Å². The highest BCUT2D eigenvalue weighted by Crippen LogP contribution is 2.29. The molecule has 0 unspecified atom stereocenters. The molecular formula is C14H14N2O2S2. The summed E-state index contributed by atoms with van der Waals surface area (Å²) in [7, 11) is 0. The number of carbonyl (C=O) groups excluding carboxylic acids is 1. The zero-order valence-corrected chi connectivity index (χ0v) is 12.8. The largest absolute Gasteiger partial charge is 0.462 e. The topological polar surface area (TPSA) is 52.1 Å². The number of hydrogen-bond donors (Lipinski definition) is 0. The summed E-state index contributed by atoms with van der Waals surface area (Å²) in [5.74, 6) is -0.390. The van der Waals surface area contributed by atoms with Crippen LogP contribution in [0.4, 0.5) is 0 Å². The van der Waals surface area contributed by atoms with Crippen molar-refractivity contribution in [3.8, 4) is 0 Å². The molecule has 1 aromatic heterocycles. The molecule has 0 saturated carbocycles. The fourth-order valence-electron chi connectivity index (χ4n) is 1.48. The summed E-state index contributed by atoms with van der Waals surface area (Å²) in [5, 5.41) is 1.26. The quantitative estimate of drug-likeness (QED) is 0.364. The Morgan fingerprint density at radius 1 is 1.30 bits per heavy atom. The maximum absolute atomic E-state index is 11.9. The maximum Gasteiger partial charge on any atom is 0.342 e. The molecule has 2 rings (SSSR count). The predicted molar refractivity (Wildman–Crippen MR) is 80.3 cm³/mol. The predicted octanol–water partition coefficient (Wildman–Crippen LogP) is 3.53. The number of aromatic nitrogens is 2. The van der Waals surface area contributed by atoms with Gasteiger partial charge >= 0.3 is 5.97 Å². The van der Waals surface area contributed by atoms with Gasteiger partial charge in [0.05, 0.1) is 6.61 Å². The summed E-state index contributed by atoms with van der Waals surface area (Å²) < 4.78 is 5.04. The molecule has 0 aliphatic heterocycles. The van der Waals surface area contributed by atoms with Crippen LogP contribution in [-0.4, -0.2) is 28.8 Å². The van der Waals surface area contributed by atoms with Gasteiger partial charge in [-0.2, -0.15) is 0 Å². The smallest absolute Gasteiger partial charge is 0.342 e. The van der Waals surface area contributed by atoms with E-state index in [2.05, 4.69) is 9.97 Å². The van der Waals surface area contributed by atoms with Crippen molar-refractivity contribution in [2.45, 2.75) is 22.0 Å².